The maximum Gasteiger partial charge on any atom is 0.416 e. The number of pyridine rings is 1. The van der Waals surface area contributed by atoms with Crippen LogP contribution in [0.2, 0.25) is 5.02 Å². The first-order valence-corrected chi connectivity index (χ1v) is 10.5. The van der Waals surface area contributed by atoms with Gasteiger partial charge < -0.3 is 15.8 Å². The first kappa shape index (κ1) is 21.5. The Morgan fingerprint density at radius 2 is 1.76 bits per heavy atom. The predicted molar refractivity (Wildman–Crippen MR) is 119 cm³/mol. The number of aromatic amines is 1. The van der Waals surface area contributed by atoms with Gasteiger partial charge in [-0.15, -0.1) is 0 Å². The van der Waals surface area contributed by atoms with E-state index in [9.17, 15) is 18.3 Å². The van der Waals surface area contributed by atoms with E-state index in [0.29, 0.717) is 46.3 Å². The highest BCUT2D eigenvalue weighted by molar-refractivity contribution is 6.31. The maximum absolute atomic E-state index is 12.8. The van der Waals surface area contributed by atoms with Crippen LogP contribution in [0.1, 0.15) is 29.1 Å². The Kier molecular flexibility index (Phi) is 4.95. The Labute approximate surface area is 192 Å². The number of rotatable bonds is 3. The van der Waals surface area contributed by atoms with Gasteiger partial charge in [0.1, 0.15) is 5.82 Å². The average molecular weight is 471 g/mol. The van der Waals surface area contributed by atoms with Crippen LogP contribution in [0.15, 0.2) is 60.9 Å². The molecule has 0 spiro atoms. The lowest BCUT2D eigenvalue weighted by Crippen LogP contribution is -2.26. The van der Waals surface area contributed by atoms with E-state index in [-0.39, 0.29) is 0 Å². The fourth-order valence-electron chi connectivity index (χ4n) is 4.18. The van der Waals surface area contributed by atoms with Crippen LogP contribution < -0.4 is 5.73 Å². The minimum atomic E-state index is -4.40. The molecule has 0 fully saturated rings. The summed E-state index contributed by atoms with van der Waals surface area (Å²) < 4.78 is 38.5. The smallest absolute Gasteiger partial charge is 0.398 e. The minimum Gasteiger partial charge on any atom is -0.398 e. The van der Waals surface area contributed by atoms with Gasteiger partial charge in [0.15, 0.2) is 5.60 Å². The molecule has 1 aliphatic carbocycles. The summed E-state index contributed by atoms with van der Waals surface area (Å²) in [6.07, 6.45) is -0.334. The number of imidazole rings is 1. The van der Waals surface area contributed by atoms with Gasteiger partial charge in [-0.2, -0.15) is 13.2 Å². The van der Waals surface area contributed by atoms with Crippen molar-refractivity contribution in [3.05, 3.63) is 88.6 Å². The van der Waals surface area contributed by atoms with Gasteiger partial charge in [-0.3, -0.25) is 4.98 Å². The number of anilines is 1. The molecule has 5 rings (SSSR count). The highest BCUT2D eigenvalue weighted by atomic mass is 35.5. The van der Waals surface area contributed by atoms with E-state index in [4.69, 9.17) is 17.3 Å². The van der Waals surface area contributed by atoms with Crippen molar-refractivity contribution in [3.8, 4) is 22.4 Å². The summed E-state index contributed by atoms with van der Waals surface area (Å²) in [6, 6.07) is 11.9. The molecule has 9 heteroatoms. The number of hydrogen-bond acceptors (Lipinski definition) is 4. The van der Waals surface area contributed by atoms with Crippen LogP contribution in [-0.2, 0) is 18.2 Å². The quantitative estimate of drug-likeness (QED) is 0.341. The standard InChI is InChI=1S/C24H18ClF3N4O/c25-17-5-6-19(29)18(10-17)15-9-14-7-8-23(33,21(14)30-11-15)22-31-12-20(32-22)13-1-3-16(4-2-13)24(26,27)28/h1-6,9-12,33H,7-8,29H2,(H,31,32). The average Bonchev–Trinajstić information content (AvgIpc) is 3.41. The van der Waals surface area contributed by atoms with Crippen LogP contribution in [0, 0.1) is 0 Å². The summed E-state index contributed by atoms with van der Waals surface area (Å²) in [5.41, 5.74) is 8.44. The van der Waals surface area contributed by atoms with Crippen LogP contribution in [-0.4, -0.2) is 20.1 Å². The number of aryl methyl sites for hydroxylation is 1. The summed E-state index contributed by atoms with van der Waals surface area (Å²) in [4.78, 5) is 11.9. The van der Waals surface area contributed by atoms with Gasteiger partial charge in [0, 0.05) is 28.0 Å². The second-order valence-electron chi connectivity index (χ2n) is 8.04. The van der Waals surface area contributed by atoms with Crippen molar-refractivity contribution in [2.45, 2.75) is 24.6 Å². The van der Waals surface area contributed by atoms with Crippen LogP contribution in [0.4, 0.5) is 18.9 Å². The molecule has 2 heterocycles. The number of nitrogens with one attached hydrogen (secondary N) is 1. The molecular formula is C24H18ClF3N4O. The summed E-state index contributed by atoms with van der Waals surface area (Å²) in [6.45, 7) is 0. The molecule has 2 aromatic carbocycles. The van der Waals surface area contributed by atoms with Gasteiger partial charge >= 0.3 is 6.18 Å². The van der Waals surface area contributed by atoms with E-state index in [2.05, 4.69) is 15.0 Å². The third kappa shape index (κ3) is 3.75. The van der Waals surface area contributed by atoms with Crippen molar-refractivity contribution >= 4 is 17.3 Å². The number of halogens is 4. The van der Waals surface area contributed by atoms with E-state index >= 15 is 0 Å². The lowest BCUT2D eigenvalue weighted by molar-refractivity contribution is -0.137. The van der Waals surface area contributed by atoms with Gasteiger partial charge in [-0.25, -0.2) is 4.98 Å². The molecule has 0 saturated heterocycles. The zero-order chi connectivity index (χ0) is 23.4. The van der Waals surface area contributed by atoms with E-state index in [1.807, 2.05) is 6.07 Å². The molecule has 2 aromatic heterocycles. The summed E-state index contributed by atoms with van der Waals surface area (Å²) in [5.74, 6) is 0.290. The van der Waals surface area contributed by atoms with Crippen molar-refractivity contribution < 1.29 is 18.3 Å². The zero-order valence-electron chi connectivity index (χ0n) is 17.1. The van der Waals surface area contributed by atoms with E-state index in [1.165, 1.54) is 18.3 Å². The molecule has 4 aromatic rings. The van der Waals surface area contributed by atoms with Crippen LogP contribution >= 0.6 is 11.6 Å². The molecule has 0 bridgehead atoms. The summed E-state index contributed by atoms with van der Waals surface area (Å²) in [7, 11) is 0. The highest BCUT2D eigenvalue weighted by Gasteiger charge is 2.42. The molecule has 1 unspecified atom stereocenters. The van der Waals surface area contributed by atoms with Gasteiger partial charge in [-0.1, -0.05) is 23.7 Å². The Hall–Kier alpha value is -3.36. The maximum atomic E-state index is 12.8. The van der Waals surface area contributed by atoms with Gasteiger partial charge in [0.25, 0.3) is 0 Å². The molecule has 1 atom stereocenters. The predicted octanol–water partition coefficient (Wildman–Crippen LogP) is 5.58. The summed E-state index contributed by atoms with van der Waals surface area (Å²) >= 11 is 6.11. The SMILES string of the molecule is Nc1ccc(Cl)cc1-c1cnc2c(c1)CCC2(O)c1ncc(-c2ccc(C(F)(F)F)cc2)[nH]1. The van der Waals surface area contributed by atoms with Crippen LogP contribution in [0.25, 0.3) is 22.4 Å². The number of aromatic nitrogens is 3. The number of fused-ring (bicyclic) bond motifs is 1. The largest absolute Gasteiger partial charge is 0.416 e. The zero-order valence-corrected chi connectivity index (χ0v) is 17.9. The molecule has 168 valence electrons. The normalized spacial score (nSPS) is 17.8. The number of H-pyrrole nitrogens is 1. The molecule has 1 aliphatic rings. The Morgan fingerprint density at radius 3 is 2.48 bits per heavy atom. The molecule has 0 amide bonds. The minimum absolute atomic E-state index is 0.290. The highest BCUT2D eigenvalue weighted by Crippen LogP contribution is 2.42. The molecular weight excluding hydrogens is 453 g/mol. The monoisotopic (exact) mass is 470 g/mol. The lowest BCUT2D eigenvalue weighted by atomic mass is 9.98. The van der Waals surface area contributed by atoms with Crippen LogP contribution in [0.5, 0.6) is 0 Å². The Bertz CT molecular complexity index is 1350. The Morgan fingerprint density at radius 1 is 1.00 bits per heavy atom. The lowest BCUT2D eigenvalue weighted by Gasteiger charge is -2.20. The molecule has 0 saturated carbocycles. The third-order valence-electron chi connectivity index (χ3n) is 5.93. The molecule has 4 N–H and O–H groups in total. The fraction of sp³-hybridized carbons (Fsp3) is 0.167. The molecule has 33 heavy (non-hydrogen) atoms. The Balaban J connectivity index is 1.47. The number of nitrogens with zero attached hydrogens (tertiary/aromatic N) is 2. The van der Waals surface area contributed by atoms with Crippen molar-refractivity contribution in [3.63, 3.8) is 0 Å². The first-order chi connectivity index (χ1) is 15.6. The molecule has 5 nitrogen and oxygen atoms in total. The first-order valence-electron chi connectivity index (χ1n) is 10.2. The molecule has 0 radical (unpaired) electrons. The third-order valence-corrected chi connectivity index (χ3v) is 6.17. The van der Waals surface area contributed by atoms with Crippen molar-refractivity contribution in [2.75, 3.05) is 5.73 Å². The van der Waals surface area contributed by atoms with E-state index in [0.717, 1.165) is 28.8 Å². The number of nitrogens with two attached hydrogens (primary N) is 1. The molecule has 0 aliphatic heterocycles. The van der Waals surface area contributed by atoms with E-state index < -0.39 is 17.3 Å². The van der Waals surface area contributed by atoms with Gasteiger partial charge in [-0.05, 0) is 60.4 Å². The fourth-order valence-corrected chi connectivity index (χ4v) is 4.35. The van der Waals surface area contributed by atoms with Crippen molar-refractivity contribution in [2.24, 2.45) is 0 Å². The number of benzene rings is 2. The topological polar surface area (TPSA) is 87.8 Å². The van der Waals surface area contributed by atoms with E-state index in [1.54, 1.807) is 24.4 Å². The van der Waals surface area contributed by atoms with Gasteiger partial charge in [0.05, 0.1) is 23.1 Å². The number of nitrogen functional groups attached to an aromatic ring is 1. The number of alkyl halides is 3. The van der Waals surface area contributed by atoms with Gasteiger partial charge in [0.2, 0.25) is 0 Å². The van der Waals surface area contributed by atoms with Crippen LogP contribution in [0.3, 0.4) is 0 Å². The summed E-state index contributed by atoms with van der Waals surface area (Å²) in [5, 5.41) is 12.0. The second kappa shape index (κ2) is 7.60. The number of aliphatic hydroxyl groups is 1. The number of hydrogen-bond donors (Lipinski definition) is 3. The second-order valence-corrected chi connectivity index (χ2v) is 8.48. The van der Waals surface area contributed by atoms with Crippen molar-refractivity contribution in [1.29, 1.82) is 0 Å². The van der Waals surface area contributed by atoms with Crippen molar-refractivity contribution in [1.82, 2.24) is 15.0 Å².